The number of alkyl halides is 2. The number of nitrogens with zero attached hydrogens (tertiary/aromatic N) is 1. The van der Waals surface area contributed by atoms with Crippen molar-refractivity contribution in [1.29, 1.82) is 0 Å². The summed E-state index contributed by atoms with van der Waals surface area (Å²) in [5, 5.41) is 0. The highest BCUT2D eigenvalue weighted by Gasteiger charge is 2.11. The van der Waals surface area contributed by atoms with Gasteiger partial charge in [0, 0.05) is 18.8 Å². The molecule has 1 aromatic carbocycles. The molecule has 0 aliphatic carbocycles. The van der Waals surface area contributed by atoms with Crippen molar-refractivity contribution < 1.29 is 8.78 Å². The maximum absolute atomic E-state index is 12.3. The zero-order valence-corrected chi connectivity index (χ0v) is 11.3. The largest absolute Gasteiger partial charge is 0.369 e. The van der Waals surface area contributed by atoms with Gasteiger partial charge in [-0.2, -0.15) is 0 Å². The maximum Gasteiger partial charge on any atom is 0.255 e. The highest BCUT2D eigenvalue weighted by molar-refractivity contribution is 5.54. The lowest BCUT2D eigenvalue weighted by Crippen LogP contribution is -2.25. The second-order valence-corrected chi connectivity index (χ2v) is 4.76. The summed E-state index contributed by atoms with van der Waals surface area (Å²) in [4.78, 5) is 1.59. The number of nitrogens with two attached hydrogens (primary N) is 1. The van der Waals surface area contributed by atoms with Gasteiger partial charge in [0.2, 0.25) is 0 Å². The first-order chi connectivity index (χ1) is 8.43. The summed E-state index contributed by atoms with van der Waals surface area (Å²) in [7, 11) is 1.69. The monoisotopic (exact) mass is 256 g/mol. The molecular weight excluding hydrogens is 234 g/mol. The molecule has 0 radical (unpaired) electrons. The molecule has 0 aliphatic rings. The topological polar surface area (TPSA) is 29.3 Å². The van der Waals surface area contributed by atoms with Gasteiger partial charge in [-0.1, -0.05) is 19.1 Å². The van der Waals surface area contributed by atoms with E-state index in [0.717, 1.165) is 29.7 Å². The number of aryl methyl sites for hydroxylation is 1. The van der Waals surface area contributed by atoms with Crippen molar-refractivity contribution >= 4 is 5.69 Å². The Kier molecular flexibility index (Phi) is 5.54. The fraction of sp³-hybridized carbons (Fsp3) is 0.571. The first-order valence-corrected chi connectivity index (χ1v) is 6.28. The van der Waals surface area contributed by atoms with E-state index in [1.807, 2.05) is 25.1 Å². The summed E-state index contributed by atoms with van der Waals surface area (Å²) in [5.41, 5.74) is 8.94. The van der Waals surface area contributed by atoms with Crippen molar-refractivity contribution in [1.82, 2.24) is 0 Å². The van der Waals surface area contributed by atoms with Crippen molar-refractivity contribution in [2.24, 2.45) is 5.73 Å². The molecular formula is C14H22F2N2. The molecule has 0 aromatic heterocycles. The van der Waals surface area contributed by atoms with E-state index in [-0.39, 0.29) is 12.6 Å². The Bertz CT molecular complexity index is 380. The van der Waals surface area contributed by atoms with Crippen molar-refractivity contribution in [2.45, 2.75) is 39.2 Å². The number of halogens is 2. The van der Waals surface area contributed by atoms with E-state index in [1.54, 1.807) is 11.9 Å². The van der Waals surface area contributed by atoms with Gasteiger partial charge in [0.05, 0.1) is 6.54 Å². The van der Waals surface area contributed by atoms with Gasteiger partial charge in [0.1, 0.15) is 0 Å². The molecule has 0 aliphatic heterocycles. The van der Waals surface area contributed by atoms with Crippen LogP contribution in [0.3, 0.4) is 0 Å². The minimum Gasteiger partial charge on any atom is -0.369 e. The number of hydrogen-bond donors (Lipinski definition) is 1. The maximum atomic E-state index is 12.3. The Morgan fingerprint density at radius 3 is 2.50 bits per heavy atom. The zero-order valence-electron chi connectivity index (χ0n) is 11.3. The molecule has 1 aromatic rings. The lowest BCUT2D eigenvalue weighted by atomic mass is 10.0. The second-order valence-electron chi connectivity index (χ2n) is 4.76. The third kappa shape index (κ3) is 4.26. The van der Waals surface area contributed by atoms with Crippen LogP contribution in [0.2, 0.25) is 0 Å². The molecule has 102 valence electrons. The van der Waals surface area contributed by atoms with Gasteiger partial charge in [0.15, 0.2) is 0 Å². The van der Waals surface area contributed by atoms with E-state index >= 15 is 0 Å². The Morgan fingerprint density at radius 2 is 2.00 bits per heavy atom. The summed E-state index contributed by atoms with van der Waals surface area (Å²) in [6.45, 7) is 3.76. The Labute approximate surface area is 108 Å². The SMILES string of the molecule is CCC(N)Cc1ccc(N(C)CC(F)F)c(C)c1. The highest BCUT2D eigenvalue weighted by Crippen LogP contribution is 2.21. The normalized spacial score (nSPS) is 12.8. The van der Waals surface area contributed by atoms with Crippen LogP contribution < -0.4 is 10.6 Å². The van der Waals surface area contributed by atoms with E-state index < -0.39 is 6.43 Å². The van der Waals surface area contributed by atoms with Gasteiger partial charge in [-0.25, -0.2) is 8.78 Å². The summed E-state index contributed by atoms with van der Waals surface area (Å²) >= 11 is 0. The molecule has 1 atom stereocenters. The molecule has 1 rings (SSSR count). The molecule has 4 heteroatoms. The van der Waals surface area contributed by atoms with Crippen molar-refractivity contribution in [2.75, 3.05) is 18.5 Å². The third-order valence-corrected chi connectivity index (χ3v) is 3.11. The van der Waals surface area contributed by atoms with Gasteiger partial charge in [-0.3, -0.25) is 0 Å². The molecule has 2 nitrogen and oxygen atoms in total. The minimum absolute atomic E-state index is 0.161. The number of hydrogen-bond acceptors (Lipinski definition) is 2. The number of benzene rings is 1. The number of anilines is 1. The van der Waals surface area contributed by atoms with Crippen LogP contribution in [0, 0.1) is 6.92 Å². The summed E-state index contributed by atoms with van der Waals surface area (Å²) in [5.74, 6) is 0. The van der Waals surface area contributed by atoms with Crippen LogP contribution in [0.15, 0.2) is 18.2 Å². The van der Waals surface area contributed by atoms with Gasteiger partial charge in [0.25, 0.3) is 6.43 Å². The third-order valence-electron chi connectivity index (χ3n) is 3.11. The standard InChI is InChI=1S/C14H22F2N2/c1-4-12(17)8-11-5-6-13(10(2)7-11)18(3)9-14(15)16/h5-7,12,14H,4,8-9,17H2,1-3H3. The number of rotatable bonds is 6. The van der Waals surface area contributed by atoms with Gasteiger partial charge in [-0.05, 0) is 37.0 Å². The van der Waals surface area contributed by atoms with Crippen LogP contribution >= 0.6 is 0 Å². The van der Waals surface area contributed by atoms with Crippen molar-refractivity contribution in [3.05, 3.63) is 29.3 Å². The quantitative estimate of drug-likeness (QED) is 0.848. The first-order valence-electron chi connectivity index (χ1n) is 6.28. The van der Waals surface area contributed by atoms with Crippen molar-refractivity contribution in [3.8, 4) is 0 Å². The highest BCUT2D eigenvalue weighted by atomic mass is 19.3. The van der Waals surface area contributed by atoms with E-state index in [9.17, 15) is 8.78 Å². The van der Waals surface area contributed by atoms with E-state index in [1.165, 1.54) is 0 Å². The summed E-state index contributed by atoms with van der Waals surface area (Å²) < 4.78 is 24.7. The lowest BCUT2D eigenvalue weighted by Gasteiger charge is -2.21. The molecule has 0 spiro atoms. The predicted octanol–water partition coefficient (Wildman–Crippen LogP) is 2.98. The van der Waals surface area contributed by atoms with E-state index in [4.69, 9.17) is 5.73 Å². The summed E-state index contributed by atoms with van der Waals surface area (Å²) in [6.07, 6.45) is -0.551. The van der Waals surface area contributed by atoms with Crippen LogP contribution in [-0.4, -0.2) is 26.1 Å². The Balaban J connectivity index is 2.79. The van der Waals surface area contributed by atoms with Crippen molar-refractivity contribution in [3.63, 3.8) is 0 Å². The van der Waals surface area contributed by atoms with Crippen LogP contribution in [0.25, 0.3) is 0 Å². The summed E-state index contributed by atoms with van der Waals surface area (Å²) in [6, 6.07) is 6.07. The van der Waals surface area contributed by atoms with Crippen LogP contribution in [-0.2, 0) is 6.42 Å². The van der Waals surface area contributed by atoms with Gasteiger partial charge in [-0.15, -0.1) is 0 Å². The molecule has 0 saturated heterocycles. The van der Waals surface area contributed by atoms with Crippen LogP contribution in [0.5, 0.6) is 0 Å². The average molecular weight is 256 g/mol. The predicted molar refractivity (Wildman–Crippen MR) is 72.4 cm³/mol. The zero-order chi connectivity index (χ0) is 13.7. The first kappa shape index (κ1) is 14.9. The molecule has 2 N–H and O–H groups in total. The molecule has 0 fully saturated rings. The minimum atomic E-state index is -2.32. The Morgan fingerprint density at radius 1 is 1.33 bits per heavy atom. The average Bonchev–Trinajstić information content (AvgIpc) is 2.27. The molecule has 0 amide bonds. The van der Waals surface area contributed by atoms with Crippen LogP contribution in [0.1, 0.15) is 24.5 Å². The fourth-order valence-corrected chi connectivity index (χ4v) is 2.03. The lowest BCUT2D eigenvalue weighted by molar-refractivity contribution is 0.156. The fourth-order valence-electron chi connectivity index (χ4n) is 2.03. The molecule has 0 heterocycles. The van der Waals surface area contributed by atoms with Gasteiger partial charge < -0.3 is 10.6 Å². The molecule has 0 saturated carbocycles. The van der Waals surface area contributed by atoms with Crippen LogP contribution in [0.4, 0.5) is 14.5 Å². The molecule has 1 unspecified atom stereocenters. The van der Waals surface area contributed by atoms with E-state index in [0.29, 0.717) is 0 Å². The smallest absolute Gasteiger partial charge is 0.255 e. The van der Waals surface area contributed by atoms with E-state index in [2.05, 4.69) is 6.92 Å². The Hall–Kier alpha value is -1.16. The second kappa shape index (κ2) is 6.69. The van der Waals surface area contributed by atoms with Gasteiger partial charge >= 0.3 is 0 Å². The molecule has 0 bridgehead atoms. The molecule has 18 heavy (non-hydrogen) atoms.